The summed E-state index contributed by atoms with van der Waals surface area (Å²) in [6, 6.07) is 15.4. The number of aromatic amines is 1. The van der Waals surface area contributed by atoms with E-state index in [1.54, 1.807) is 12.3 Å². The van der Waals surface area contributed by atoms with E-state index in [1.807, 2.05) is 30.3 Å². The molecule has 0 aliphatic carbocycles. The molecule has 1 aliphatic heterocycles. The number of nitrogens with zero attached hydrogens (tertiary/aromatic N) is 2. The van der Waals surface area contributed by atoms with Gasteiger partial charge in [-0.25, -0.2) is 0 Å². The average molecular weight is 375 g/mol. The smallest absolute Gasteiger partial charge is 0.258 e. The molecule has 144 valence electrons. The Balaban J connectivity index is 1.59. The highest BCUT2D eigenvalue weighted by Crippen LogP contribution is 2.22. The normalized spacial score (nSPS) is 15.9. The van der Waals surface area contributed by atoms with E-state index in [4.69, 9.17) is 0 Å². The van der Waals surface area contributed by atoms with Gasteiger partial charge in [-0.05, 0) is 49.7 Å². The van der Waals surface area contributed by atoms with Crippen molar-refractivity contribution < 1.29 is 5.11 Å². The standard InChI is InChI=1S/C23H25N3O2/c27-22-20-11-4-3-10-19(20)21(23(28)25-22)15-24-18-9-7-8-17(14-18)16-26-12-5-1-2-6-13-26/h3-4,7-11,14-15H,1-2,5-6,12-13,16H2,(H2,25,27,28). The third-order valence-corrected chi connectivity index (χ3v) is 5.31. The van der Waals surface area contributed by atoms with Crippen LogP contribution in [0.5, 0.6) is 5.88 Å². The third kappa shape index (κ3) is 4.15. The fourth-order valence-corrected chi connectivity index (χ4v) is 3.84. The highest BCUT2D eigenvalue weighted by molar-refractivity contribution is 6.01. The van der Waals surface area contributed by atoms with Gasteiger partial charge in [0, 0.05) is 23.5 Å². The topological polar surface area (TPSA) is 68.7 Å². The van der Waals surface area contributed by atoms with Gasteiger partial charge in [-0.3, -0.25) is 19.7 Å². The first-order valence-electron chi connectivity index (χ1n) is 9.90. The van der Waals surface area contributed by atoms with Crippen molar-refractivity contribution in [2.45, 2.75) is 32.2 Å². The molecular weight excluding hydrogens is 350 g/mol. The number of H-pyrrole nitrogens is 1. The number of hydrogen-bond donors (Lipinski definition) is 2. The zero-order valence-corrected chi connectivity index (χ0v) is 15.9. The van der Waals surface area contributed by atoms with Crippen LogP contribution in [0.3, 0.4) is 0 Å². The van der Waals surface area contributed by atoms with Crippen molar-refractivity contribution in [3.8, 4) is 5.88 Å². The number of nitrogens with one attached hydrogen (secondary N) is 1. The predicted molar refractivity (Wildman–Crippen MR) is 114 cm³/mol. The largest absolute Gasteiger partial charge is 0.494 e. The summed E-state index contributed by atoms with van der Waals surface area (Å²) in [4.78, 5) is 21.6. The zero-order valence-electron chi connectivity index (χ0n) is 15.9. The van der Waals surface area contributed by atoms with Crippen LogP contribution < -0.4 is 5.56 Å². The molecule has 3 aromatic rings. The Morgan fingerprint density at radius 2 is 1.75 bits per heavy atom. The van der Waals surface area contributed by atoms with Crippen LogP contribution in [0.15, 0.2) is 58.3 Å². The van der Waals surface area contributed by atoms with Gasteiger partial charge in [-0.1, -0.05) is 43.2 Å². The fraction of sp³-hybridized carbons (Fsp3) is 0.304. The van der Waals surface area contributed by atoms with Crippen molar-refractivity contribution in [2.75, 3.05) is 13.1 Å². The van der Waals surface area contributed by atoms with Crippen molar-refractivity contribution in [1.82, 2.24) is 9.88 Å². The average Bonchev–Trinajstić information content (AvgIpc) is 2.97. The van der Waals surface area contributed by atoms with Gasteiger partial charge in [-0.2, -0.15) is 0 Å². The molecule has 1 aromatic heterocycles. The van der Waals surface area contributed by atoms with Crippen LogP contribution in [-0.2, 0) is 6.54 Å². The number of likely N-dealkylation sites (tertiary alicyclic amines) is 1. The van der Waals surface area contributed by atoms with E-state index in [0.29, 0.717) is 16.3 Å². The number of benzene rings is 2. The van der Waals surface area contributed by atoms with Crippen molar-refractivity contribution in [2.24, 2.45) is 4.99 Å². The molecule has 2 aromatic carbocycles. The van der Waals surface area contributed by atoms with E-state index >= 15 is 0 Å². The predicted octanol–water partition coefficient (Wildman–Crippen LogP) is 4.36. The molecule has 5 nitrogen and oxygen atoms in total. The highest BCUT2D eigenvalue weighted by atomic mass is 16.3. The molecular formula is C23H25N3O2. The summed E-state index contributed by atoms with van der Waals surface area (Å²) in [7, 11) is 0. The van der Waals surface area contributed by atoms with Crippen molar-refractivity contribution in [3.05, 3.63) is 70.0 Å². The Morgan fingerprint density at radius 1 is 1.00 bits per heavy atom. The van der Waals surface area contributed by atoms with E-state index in [2.05, 4.69) is 27.0 Å². The Morgan fingerprint density at radius 3 is 2.54 bits per heavy atom. The quantitative estimate of drug-likeness (QED) is 0.666. The van der Waals surface area contributed by atoms with Crippen molar-refractivity contribution in [1.29, 1.82) is 0 Å². The highest BCUT2D eigenvalue weighted by Gasteiger charge is 2.10. The van der Waals surface area contributed by atoms with E-state index in [-0.39, 0.29) is 11.4 Å². The van der Waals surface area contributed by atoms with E-state index in [1.165, 1.54) is 31.2 Å². The molecule has 0 bridgehead atoms. The molecule has 0 amide bonds. The zero-order chi connectivity index (χ0) is 19.3. The summed E-state index contributed by atoms with van der Waals surface area (Å²) in [5.74, 6) is -0.159. The van der Waals surface area contributed by atoms with E-state index < -0.39 is 0 Å². The Labute approximate surface area is 164 Å². The first kappa shape index (κ1) is 18.4. The van der Waals surface area contributed by atoms with Gasteiger partial charge in [0.1, 0.15) is 0 Å². The van der Waals surface area contributed by atoms with Gasteiger partial charge in [0.25, 0.3) is 5.56 Å². The van der Waals surface area contributed by atoms with Gasteiger partial charge in [0.2, 0.25) is 5.88 Å². The lowest BCUT2D eigenvalue weighted by molar-refractivity contribution is 0.277. The van der Waals surface area contributed by atoms with Gasteiger partial charge < -0.3 is 5.11 Å². The van der Waals surface area contributed by atoms with Crippen LogP contribution >= 0.6 is 0 Å². The van der Waals surface area contributed by atoms with Crippen LogP contribution in [0, 0.1) is 0 Å². The third-order valence-electron chi connectivity index (χ3n) is 5.31. The number of aliphatic imine (C=N–C) groups is 1. The minimum absolute atomic E-state index is 0.159. The maximum absolute atomic E-state index is 12.0. The minimum Gasteiger partial charge on any atom is -0.494 e. The Hall–Kier alpha value is -2.92. The van der Waals surface area contributed by atoms with Gasteiger partial charge >= 0.3 is 0 Å². The maximum Gasteiger partial charge on any atom is 0.258 e. The van der Waals surface area contributed by atoms with Crippen molar-refractivity contribution in [3.63, 3.8) is 0 Å². The molecule has 1 aliphatic rings. The lowest BCUT2D eigenvalue weighted by atomic mass is 10.1. The van der Waals surface area contributed by atoms with E-state index in [0.717, 1.165) is 25.3 Å². The summed E-state index contributed by atoms with van der Waals surface area (Å²) in [5.41, 5.74) is 2.30. The lowest BCUT2D eigenvalue weighted by Gasteiger charge is -2.19. The molecule has 1 fully saturated rings. The molecule has 0 radical (unpaired) electrons. The summed E-state index contributed by atoms with van der Waals surface area (Å²) < 4.78 is 0. The Bertz CT molecular complexity index is 1050. The van der Waals surface area contributed by atoms with E-state index in [9.17, 15) is 9.90 Å². The first-order valence-corrected chi connectivity index (χ1v) is 9.90. The molecule has 4 rings (SSSR count). The van der Waals surface area contributed by atoms with Crippen molar-refractivity contribution >= 4 is 22.7 Å². The second-order valence-corrected chi connectivity index (χ2v) is 7.38. The molecule has 0 atom stereocenters. The second kappa shape index (κ2) is 8.40. The van der Waals surface area contributed by atoms with Crippen LogP contribution in [0.4, 0.5) is 5.69 Å². The second-order valence-electron chi connectivity index (χ2n) is 7.38. The molecule has 2 heterocycles. The Kier molecular flexibility index (Phi) is 5.53. The fourth-order valence-electron chi connectivity index (χ4n) is 3.84. The van der Waals surface area contributed by atoms with Gasteiger partial charge in [0.15, 0.2) is 0 Å². The number of aromatic nitrogens is 1. The van der Waals surface area contributed by atoms with Crippen LogP contribution in [0.1, 0.15) is 36.8 Å². The number of fused-ring (bicyclic) bond motifs is 1. The molecule has 1 saturated heterocycles. The van der Waals surface area contributed by atoms with Gasteiger partial charge in [0.05, 0.1) is 11.3 Å². The van der Waals surface area contributed by atoms with Crippen LogP contribution in [0.25, 0.3) is 10.8 Å². The summed E-state index contributed by atoms with van der Waals surface area (Å²) in [6.45, 7) is 3.26. The lowest BCUT2D eigenvalue weighted by Crippen LogP contribution is -2.23. The first-order chi connectivity index (χ1) is 13.7. The van der Waals surface area contributed by atoms with Crippen LogP contribution in [0.2, 0.25) is 0 Å². The SMILES string of the molecule is O=c1[nH]c(O)c(C=Nc2cccc(CN3CCCCCC3)c2)c2ccccc12. The molecule has 0 saturated carbocycles. The molecule has 0 spiro atoms. The number of hydrogen-bond acceptors (Lipinski definition) is 4. The summed E-state index contributed by atoms with van der Waals surface area (Å²) in [5, 5.41) is 11.4. The number of pyridine rings is 1. The minimum atomic E-state index is -0.301. The summed E-state index contributed by atoms with van der Waals surface area (Å²) in [6.07, 6.45) is 6.83. The molecule has 5 heteroatoms. The molecule has 0 unspecified atom stereocenters. The molecule has 2 N–H and O–H groups in total. The maximum atomic E-state index is 12.0. The van der Waals surface area contributed by atoms with Gasteiger partial charge in [-0.15, -0.1) is 0 Å². The number of aromatic hydroxyl groups is 1. The summed E-state index contributed by atoms with van der Waals surface area (Å²) >= 11 is 0. The monoisotopic (exact) mass is 375 g/mol. The van der Waals surface area contributed by atoms with Crippen LogP contribution in [-0.4, -0.2) is 34.3 Å². The number of rotatable bonds is 4. The molecule has 28 heavy (non-hydrogen) atoms.